The Hall–Kier alpha value is -3.53. The Morgan fingerprint density at radius 1 is 1.20 bits per heavy atom. The zero-order valence-electron chi connectivity index (χ0n) is 16.7. The summed E-state index contributed by atoms with van der Waals surface area (Å²) >= 11 is 0. The lowest BCUT2D eigenvalue weighted by Gasteiger charge is -2.14. The van der Waals surface area contributed by atoms with E-state index >= 15 is 0 Å². The van der Waals surface area contributed by atoms with Crippen LogP contribution in [0.1, 0.15) is 37.8 Å². The predicted molar refractivity (Wildman–Crippen MR) is 111 cm³/mol. The van der Waals surface area contributed by atoms with E-state index in [0.717, 1.165) is 36.1 Å². The molecule has 1 amide bonds. The molecule has 0 spiro atoms. The Bertz CT molecular complexity index is 1100. The molecule has 1 heterocycles. The average molecular weight is 403 g/mol. The highest BCUT2D eigenvalue weighted by Gasteiger charge is 2.32. The number of amides is 1. The van der Waals surface area contributed by atoms with E-state index < -0.39 is 5.82 Å². The number of halogens is 1. The normalized spacial score (nSPS) is 18.2. The van der Waals surface area contributed by atoms with Crippen LogP contribution in [-0.4, -0.2) is 27.4 Å². The van der Waals surface area contributed by atoms with Crippen molar-refractivity contribution in [3.8, 4) is 28.5 Å². The molecular weight excluding hydrogens is 381 g/mol. The van der Waals surface area contributed by atoms with Crippen LogP contribution in [0.4, 0.5) is 4.39 Å². The molecule has 7 heteroatoms. The second kappa shape index (κ2) is 8.46. The maximum absolute atomic E-state index is 13.9. The second-order valence-corrected chi connectivity index (χ2v) is 7.51. The number of nitriles is 1. The fourth-order valence-electron chi connectivity index (χ4n) is 4.08. The monoisotopic (exact) mass is 403 g/mol. The molecule has 4 rings (SSSR count). The van der Waals surface area contributed by atoms with Crippen molar-refractivity contribution in [3.63, 3.8) is 0 Å². The number of nitrogens with one attached hydrogen (secondary N) is 1. The van der Waals surface area contributed by atoms with Crippen molar-refractivity contribution < 1.29 is 9.18 Å². The van der Waals surface area contributed by atoms with Crippen molar-refractivity contribution in [1.82, 2.24) is 20.3 Å². The van der Waals surface area contributed by atoms with E-state index in [-0.39, 0.29) is 23.4 Å². The quantitative estimate of drug-likeness (QED) is 0.695. The number of carbonyl (C=O) groups excluding carboxylic acids is 1. The largest absolute Gasteiger partial charge is 0.356 e. The van der Waals surface area contributed by atoms with Gasteiger partial charge < -0.3 is 5.32 Å². The van der Waals surface area contributed by atoms with Crippen LogP contribution in [0.15, 0.2) is 48.7 Å². The SMILES string of the molecule is CCNC(=O)[C@H]1CC[C@@H](n2nncc2-c2ccc(-c3ccc(C#N)c(F)c3)cc2)C1. The molecule has 1 fully saturated rings. The zero-order chi connectivity index (χ0) is 21.1. The number of carbonyl (C=O) groups is 1. The fourth-order valence-corrected chi connectivity index (χ4v) is 4.08. The lowest BCUT2D eigenvalue weighted by Crippen LogP contribution is -2.29. The second-order valence-electron chi connectivity index (χ2n) is 7.51. The highest BCUT2D eigenvalue weighted by atomic mass is 19.1. The van der Waals surface area contributed by atoms with E-state index in [0.29, 0.717) is 12.1 Å². The van der Waals surface area contributed by atoms with Crippen LogP contribution in [0, 0.1) is 23.1 Å². The summed E-state index contributed by atoms with van der Waals surface area (Å²) < 4.78 is 15.8. The highest BCUT2D eigenvalue weighted by molar-refractivity contribution is 5.79. The first kappa shape index (κ1) is 19.8. The van der Waals surface area contributed by atoms with Crippen LogP contribution < -0.4 is 5.32 Å². The third-order valence-corrected chi connectivity index (χ3v) is 5.65. The molecule has 6 nitrogen and oxygen atoms in total. The molecule has 1 aromatic heterocycles. The van der Waals surface area contributed by atoms with E-state index in [9.17, 15) is 9.18 Å². The van der Waals surface area contributed by atoms with Crippen molar-refractivity contribution >= 4 is 5.91 Å². The van der Waals surface area contributed by atoms with Gasteiger partial charge in [0.2, 0.25) is 5.91 Å². The van der Waals surface area contributed by atoms with Crippen LogP contribution in [0.25, 0.3) is 22.4 Å². The summed E-state index contributed by atoms with van der Waals surface area (Å²) in [5.74, 6) is -0.398. The van der Waals surface area contributed by atoms with Crippen LogP contribution in [0.3, 0.4) is 0 Å². The minimum absolute atomic E-state index is 0.0145. The van der Waals surface area contributed by atoms with Gasteiger partial charge in [-0.25, -0.2) is 9.07 Å². The molecule has 0 unspecified atom stereocenters. The molecule has 30 heavy (non-hydrogen) atoms. The Kier molecular flexibility index (Phi) is 5.57. The molecule has 0 aliphatic heterocycles. The number of rotatable bonds is 5. The third-order valence-electron chi connectivity index (χ3n) is 5.65. The summed E-state index contributed by atoms with van der Waals surface area (Å²) in [5.41, 5.74) is 3.46. The molecule has 152 valence electrons. The number of hydrogen-bond acceptors (Lipinski definition) is 4. The Morgan fingerprint density at radius 2 is 1.93 bits per heavy atom. The fraction of sp³-hybridized carbons (Fsp3) is 0.304. The van der Waals surface area contributed by atoms with Crippen molar-refractivity contribution in [2.24, 2.45) is 5.92 Å². The molecule has 0 bridgehead atoms. The molecule has 0 saturated heterocycles. The minimum atomic E-state index is -0.524. The maximum Gasteiger partial charge on any atom is 0.223 e. The standard InChI is InChI=1S/C23H22FN5O/c1-2-26-23(30)18-9-10-20(11-18)29-22(14-27-28-29)16-5-3-15(4-6-16)17-7-8-19(13-25)21(24)12-17/h3-8,12,14,18,20H,2,9-11H2,1H3,(H,26,30)/t18-,20+/m0/s1. The van der Waals surface area contributed by atoms with Gasteiger partial charge in [0.25, 0.3) is 0 Å². The number of nitrogens with zero attached hydrogens (tertiary/aromatic N) is 4. The molecule has 1 saturated carbocycles. The summed E-state index contributed by atoms with van der Waals surface area (Å²) in [5, 5.41) is 20.2. The Labute approximate surface area is 174 Å². The highest BCUT2D eigenvalue weighted by Crippen LogP contribution is 2.37. The van der Waals surface area contributed by atoms with Gasteiger partial charge in [-0.05, 0) is 49.4 Å². The molecule has 1 N–H and O–H groups in total. The van der Waals surface area contributed by atoms with Crippen molar-refractivity contribution in [1.29, 1.82) is 5.26 Å². The minimum Gasteiger partial charge on any atom is -0.356 e. The summed E-state index contributed by atoms with van der Waals surface area (Å²) in [6, 6.07) is 14.3. The third kappa shape index (κ3) is 3.81. The maximum atomic E-state index is 13.9. The van der Waals surface area contributed by atoms with Gasteiger partial charge in [-0.1, -0.05) is 35.5 Å². The van der Waals surface area contributed by atoms with Crippen LogP contribution in [-0.2, 0) is 4.79 Å². The van der Waals surface area contributed by atoms with Crippen molar-refractivity contribution in [2.75, 3.05) is 6.54 Å². The first-order valence-corrected chi connectivity index (χ1v) is 10.1. The van der Waals surface area contributed by atoms with Gasteiger partial charge in [-0.3, -0.25) is 4.79 Å². The van der Waals surface area contributed by atoms with Gasteiger partial charge in [0.05, 0.1) is 23.5 Å². The van der Waals surface area contributed by atoms with Crippen LogP contribution in [0.2, 0.25) is 0 Å². The first-order valence-electron chi connectivity index (χ1n) is 10.1. The topological polar surface area (TPSA) is 83.6 Å². The number of hydrogen-bond donors (Lipinski definition) is 1. The smallest absolute Gasteiger partial charge is 0.223 e. The van der Waals surface area contributed by atoms with Gasteiger partial charge in [0.15, 0.2) is 0 Å². The summed E-state index contributed by atoms with van der Waals surface area (Å²) in [6.45, 7) is 2.57. The Balaban J connectivity index is 1.54. The van der Waals surface area contributed by atoms with Gasteiger partial charge in [-0.2, -0.15) is 5.26 Å². The lowest BCUT2D eigenvalue weighted by molar-refractivity contribution is -0.124. The molecule has 2 aromatic carbocycles. The summed E-state index contributed by atoms with van der Waals surface area (Å²) in [6.07, 6.45) is 4.22. The van der Waals surface area contributed by atoms with Crippen LogP contribution >= 0.6 is 0 Å². The number of benzene rings is 2. The molecule has 3 aromatic rings. The van der Waals surface area contributed by atoms with E-state index in [4.69, 9.17) is 5.26 Å². The van der Waals surface area contributed by atoms with Gasteiger partial charge >= 0.3 is 0 Å². The summed E-state index contributed by atoms with van der Waals surface area (Å²) in [7, 11) is 0. The van der Waals surface area contributed by atoms with Gasteiger partial charge in [0.1, 0.15) is 11.9 Å². The van der Waals surface area contributed by atoms with E-state index in [1.54, 1.807) is 12.3 Å². The van der Waals surface area contributed by atoms with Gasteiger partial charge in [-0.15, -0.1) is 5.10 Å². The lowest BCUT2D eigenvalue weighted by atomic mass is 10.0. The Morgan fingerprint density at radius 3 is 2.63 bits per heavy atom. The van der Waals surface area contributed by atoms with Crippen molar-refractivity contribution in [2.45, 2.75) is 32.2 Å². The van der Waals surface area contributed by atoms with Crippen molar-refractivity contribution in [3.05, 3.63) is 60.0 Å². The van der Waals surface area contributed by atoms with Gasteiger partial charge in [0, 0.05) is 18.0 Å². The van der Waals surface area contributed by atoms with E-state index in [1.165, 1.54) is 12.1 Å². The molecule has 1 aliphatic carbocycles. The van der Waals surface area contributed by atoms with E-state index in [2.05, 4.69) is 15.6 Å². The molecule has 1 aliphatic rings. The number of aromatic nitrogens is 3. The molecular formula is C23H22FN5O. The first-order chi connectivity index (χ1) is 14.6. The van der Waals surface area contributed by atoms with Crippen LogP contribution in [0.5, 0.6) is 0 Å². The predicted octanol–water partition coefficient (Wildman–Crippen LogP) is 4.10. The van der Waals surface area contributed by atoms with E-state index in [1.807, 2.05) is 41.9 Å². The summed E-state index contributed by atoms with van der Waals surface area (Å²) in [4.78, 5) is 12.2. The zero-order valence-corrected chi connectivity index (χ0v) is 16.7. The molecule has 0 radical (unpaired) electrons. The molecule has 2 atom stereocenters. The average Bonchev–Trinajstić information content (AvgIpc) is 3.43.